The number of carbonyl (C=O) groups excluding carboxylic acids is 1. The SMILES string of the molecule is CC1CCC(NC(=O)c2cccc(CSc3c(Cl)cccc3Cl)n2)CC1. The van der Waals surface area contributed by atoms with Crippen molar-refractivity contribution < 1.29 is 4.79 Å². The molecule has 1 aliphatic carbocycles. The van der Waals surface area contributed by atoms with E-state index in [1.54, 1.807) is 6.07 Å². The highest BCUT2D eigenvalue weighted by Crippen LogP contribution is 2.35. The van der Waals surface area contributed by atoms with Crippen molar-refractivity contribution in [3.05, 3.63) is 57.8 Å². The maximum Gasteiger partial charge on any atom is 0.270 e. The van der Waals surface area contributed by atoms with E-state index in [2.05, 4.69) is 17.2 Å². The Bertz CT molecular complexity index is 756. The lowest BCUT2D eigenvalue weighted by Gasteiger charge is -2.26. The van der Waals surface area contributed by atoms with Crippen LogP contribution in [0.3, 0.4) is 0 Å². The van der Waals surface area contributed by atoms with Gasteiger partial charge < -0.3 is 5.32 Å². The lowest BCUT2D eigenvalue weighted by molar-refractivity contribution is 0.0917. The second kappa shape index (κ2) is 9.12. The molecule has 0 radical (unpaired) electrons. The lowest BCUT2D eigenvalue weighted by atomic mass is 9.87. The van der Waals surface area contributed by atoms with Crippen LogP contribution in [0, 0.1) is 5.92 Å². The van der Waals surface area contributed by atoms with E-state index in [1.165, 1.54) is 24.6 Å². The molecule has 1 aromatic carbocycles. The summed E-state index contributed by atoms with van der Waals surface area (Å²) >= 11 is 13.9. The van der Waals surface area contributed by atoms with Crippen LogP contribution in [-0.2, 0) is 5.75 Å². The number of carbonyl (C=O) groups is 1. The van der Waals surface area contributed by atoms with Crippen molar-refractivity contribution in [1.82, 2.24) is 10.3 Å². The van der Waals surface area contributed by atoms with E-state index in [9.17, 15) is 4.79 Å². The van der Waals surface area contributed by atoms with Gasteiger partial charge in [0.25, 0.3) is 5.91 Å². The average Bonchev–Trinajstić information content (AvgIpc) is 2.63. The number of hydrogen-bond acceptors (Lipinski definition) is 3. The number of halogens is 2. The molecular formula is C20H22Cl2N2OS. The highest BCUT2D eigenvalue weighted by atomic mass is 35.5. The normalized spacial score (nSPS) is 20.0. The van der Waals surface area contributed by atoms with Gasteiger partial charge in [-0.2, -0.15) is 0 Å². The molecule has 1 N–H and O–H groups in total. The topological polar surface area (TPSA) is 42.0 Å². The summed E-state index contributed by atoms with van der Waals surface area (Å²) in [5.74, 6) is 1.27. The molecule has 138 valence electrons. The fourth-order valence-electron chi connectivity index (χ4n) is 3.12. The van der Waals surface area contributed by atoms with Crippen LogP contribution in [0.4, 0.5) is 0 Å². The number of amides is 1. The highest BCUT2D eigenvalue weighted by Gasteiger charge is 2.20. The van der Waals surface area contributed by atoms with Gasteiger partial charge in [0, 0.05) is 16.7 Å². The van der Waals surface area contributed by atoms with Crippen molar-refractivity contribution in [2.45, 2.75) is 49.3 Å². The van der Waals surface area contributed by atoms with Crippen LogP contribution in [0.25, 0.3) is 0 Å². The zero-order chi connectivity index (χ0) is 18.5. The predicted molar refractivity (Wildman–Crippen MR) is 109 cm³/mol. The molecule has 3 rings (SSSR count). The molecule has 1 aliphatic rings. The van der Waals surface area contributed by atoms with Gasteiger partial charge in [-0.3, -0.25) is 4.79 Å². The molecule has 1 saturated carbocycles. The Morgan fingerprint density at radius 3 is 2.46 bits per heavy atom. The minimum Gasteiger partial charge on any atom is -0.348 e. The summed E-state index contributed by atoms with van der Waals surface area (Å²) in [6.07, 6.45) is 4.45. The number of benzene rings is 1. The number of rotatable bonds is 5. The monoisotopic (exact) mass is 408 g/mol. The molecule has 0 bridgehead atoms. The largest absolute Gasteiger partial charge is 0.348 e. The van der Waals surface area contributed by atoms with Crippen molar-refractivity contribution in [2.75, 3.05) is 0 Å². The van der Waals surface area contributed by atoms with Crippen molar-refractivity contribution in [3.63, 3.8) is 0 Å². The molecule has 1 aromatic heterocycles. The summed E-state index contributed by atoms with van der Waals surface area (Å²) in [6, 6.07) is 11.3. The second-order valence-corrected chi connectivity index (χ2v) is 8.58. The zero-order valence-corrected chi connectivity index (χ0v) is 17.0. The van der Waals surface area contributed by atoms with Gasteiger partial charge in [-0.1, -0.05) is 42.3 Å². The average molecular weight is 409 g/mol. The van der Waals surface area contributed by atoms with E-state index in [0.717, 1.165) is 29.3 Å². The van der Waals surface area contributed by atoms with E-state index in [0.29, 0.717) is 21.5 Å². The van der Waals surface area contributed by atoms with Gasteiger partial charge >= 0.3 is 0 Å². The molecule has 2 aromatic rings. The molecule has 1 heterocycles. The number of pyridine rings is 1. The molecular weight excluding hydrogens is 387 g/mol. The maximum absolute atomic E-state index is 12.5. The van der Waals surface area contributed by atoms with Crippen molar-refractivity contribution in [2.24, 2.45) is 5.92 Å². The fraction of sp³-hybridized carbons (Fsp3) is 0.400. The number of aromatic nitrogens is 1. The maximum atomic E-state index is 12.5. The summed E-state index contributed by atoms with van der Waals surface area (Å²) in [7, 11) is 0. The molecule has 1 amide bonds. The van der Waals surface area contributed by atoms with Crippen LogP contribution in [0.1, 0.15) is 48.8 Å². The number of hydrogen-bond donors (Lipinski definition) is 1. The first-order valence-electron chi connectivity index (χ1n) is 8.86. The van der Waals surface area contributed by atoms with Gasteiger partial charge in [0.15, 0.2) is 0 Å². The number of nitrogens with zero attached hydrogens (tertiary/aromatic N) is 1. The molecule has 0 unspecified atom stereocenters. The van der Waals surface area contributed by atoms with Crippen LogP contribution < -0.4 is 5.32 Å². The third kappa shape index (κ3) is 5.15. The quantitative estimate of drug-likeness (QED) is 0.617. The minimum atomic E-state index is -0.0906. The van der Waals surface area contributed by atoms with E-state index in [4.69, 9.17) is 23.2 Å². The first-order valence-corrected chi connectivity index (χ1v) is 10.6. The standard InChI is InChI=1S/C20H22Cl2N2OS/c1-13-8-10-14(11-9-13)24-20(25)18-7-2-4-15(23-18)12-26-19-16(21)5-3-6-17(19)22/h2-7,13-14H,8-12H2,1H3,(H,24,25). The van der Waals surface area contributed by atoms with Crippen LogP contribution in [0.2, 0.25) is 10.0 Å². The van der Waals surface area contributed by atoms with Gasteiger partial charge in [0.05, 0.1) is 15.7 Å². The fourth-order valence-corrected chi connectivity index (χ4v) is 4.71. The third-order valence-electron chi connectivity index (χ3n) is 4.67. The first-order chi connectivity index (χ1) is 12.5. The van der Waals surface area contributed by atoms with E-state index >= 15 is 0 Å². The molecule has 0 aliphatic heterocycles. The third-order valence-corrected chi connectivity index (χ3v) is 6.70. The van der Waals surface area contributed by atoms with Crippen LogP contribution in [0.5, 0.6) is 0 Å². The van der Waals surface area contributed by atoms with E-state index < -0.39 is 0 Å². The van der Waals surface area contributed by atoms with Crippen molar-refractivity contribution in [3.8, 4) is 0 Å². The molecule has 0 atom stereocenters. The van der Waals surface area contributed by atoms with Crippen LogP contribution >= 0.6 is 35.0 Å². The smallest absolute Gasteiger partial charge is 0.270 e. The minimum absolute atomic E-state index is 0.0906. The summed E-state index contributed by atoms with van der Waals surface area (Å²) in [5, 5.41) is 4.38. The molecule has 0 saturated heterocycles. The Kier molecular flexibility index (Phi) is 6.85. The Hall–Kier alpha value is -1.23. The van der Waals surface area contributed by atoms with Crippen molar-refractivity contribution >= 4 is 40.9 Å². The Labute approximate surface area is 168 Å². The Morgan fingerprint density at radius 1 is 1.12 bits per heavy atom. The number of nitrogens with one attached hydrogen (secondary N) is 1. The summed E-state index contributed by atoms with van der Waals surface area (Å²) in [4.78, 5) is 17.9. The molecule has 1 fully saturated rings. The van der Waals surface area contributed by atoms with E-state index in [-0.39, 0.29) is 11.9 Å². The van der Waals surface area contributed by atoms with Gasteiger partial charge in [-0.05, 0) is 55.9 Å². The predicted octanol–water partition coefficient (Wildman–Crippen LogP) is 5.99. The highest BCUT2D eigenvalue weighted by molar-refractivity contribution is 7.98. The van der Waals surface area contributed by atoms with Gasteiger partial charge in [-0.15, -0.1) is 11.8 Å². The molecule has 3 nitrogen and oxygen atoms in total. The van der Waals surface area contributed by atoms with Crippen molar-refractivity contribution in [1.29, 1.82) is 0 Å². The van der Waals surface area contributed by atoms with Crippen LogP contribution in [0.15, 0.2) is 41.3 Å². The van der Waals surface area contributed by atoms with Crippen LogP contribution in [-0.4, -0.2) is 16.9 Å². The summed E-state index contributed by atoms with van der Waals surface area (Å²) < 4.78 is 0. The van der Waals surface area contributed by atoms with Gasteiger partial charge in [0.2, 0.25) is 0 Å². The lowest BCUT2D eigenvalue weighted by Crippen LogP contribution is -2.37. The van der Waals surface area contributed by atoms with Gasteiger partial charge in [-0.25, -0.2) is 4.98 Å². The Balaban J connectivity index is 1.61. The van der Waals surface area contributed by atoms with E-state index in [1.807, 2.05) is 30.3 Å². The zero-order valence-electron chi connectivity index (χ0n) is 14.7. The molecule has 0 spiro atoms. The first kappa shape index (κ1) is 19.5. The second-order valence-electron chi connectivity index (χ2n) is 6.78. The Morgan fingerprint density at radius 2 is 1.77 bits per heavy atom. The number of thioether (sulfide) groups is 1. The summed E-state index contributed by atoms with van der Waals surface area (Å²) in [6.45, 7) is 2.27. The summed E-state index contributed by atoms with van der Waals surface area (Å²) in [5.41, 5.74) is 1.29. The van der Waals surface area contributed by atoms with Gasteiger partial charge in [0.1, 0.15) is 5.69 Å². The molecule has 6 heteroatoms. The molecule has 26 heavy (non-hydrogen) atoms.